The first-order chi connectivity index (χ1) is 12.0. The molecule has 25 heavy (non-hydrogen) atoms. The van der Waals surface area contributed by atoms with Crippen LogP contribution in [0.1, 0.15) is 17.4 Å². The lowest BCUT2D eigenvalue weighted by Crippen LogP contribution is -2.26. The number of nitrogens with zero attached hydrogens (tertiary/aromatic N) is 3. The maximum absolute atomic E-state index is 12.3. The van der Waals surface area contributed by atoms with Crippen LogP contribution in [0.5, 0.6) is 0 Å². The molecule has 9 nitrogen and oxygen atoms in total. The Bertz CT molecular complexity index is 1030. The molecule has 1 atom stereocenters. The first-order valence-corrected chi connectivity index (χ1v) is 7.21. The fourth-order valence-electron chi connectivity index (χ4n) is 2.42. The average Bonchev–Trinajstić information content (AvgIpc) is 2.62. The number of nitrogens with two attached hydrogens (primary N) is 1. The van der Waals surface area contributed by atoms with Crippen molar-refractivity contribution in [1.29, 1.82) is 0 Å². The van der Waals surface area contributed by atoms with E-state index in [1.54, 1.807) is 30.3 Å². The van der Waals surface area contributed by atoms with E-state index in [1.807, 2.05) is 0 Å². The zero-order chi connectivity index (χ0) is 18.0. The molecule has 0 aliphatic rings. The molecule has 0 aliphatic heterocycles. The van der Waals surface area contributed by atoms with Crippen molar-refractivity contribution >= 4 is 22.4 Å². The topological polar surface area (TPSA) is 147 Å². The summed E-state index contributed by atoms with van der Waals surface area (Å²) in [4.78, 5) is 29.2. The molecule has 0 bridgehead atoms. The molecule has 0 fully saturated rings. The SMILES string of the molecule is N/N=C(\c1nc2ccc([N+](=O)[O-])cc2[nH]c1=O)[C@H](O)c1ccccc1. The largest absolute Gasteiger partial charge is 0.382 e. The molecular weight excluding hydrogens is 326 g/mol. The Labute approximate surface area is 140 Å². The molecule has 4 N–H and O–H groups in total. The quantitative estimate of drug-likeness (QED) is 0.282. The molecule has 0 spiro atoms. The molecule has 0 amide bonds. The zero-order valence-corrected chi connectivity index (χ0v) is 12.8. The summed E-state index contributed by atoms with van der Waals surface area (Å²) in [5.74, 6) is 5.37. The van der Waals surface area contributed by atoms with Crippen LogP contribution in [-0.4, -0.2) is 25.7 Å². The summed E-state index contributed by atoms with van der Waals surface area (Å²) in [5.41, 5.74) is -0.0818. The minimum Gasteiger partial charge on any atom is -0.382 e. The van der Waals surface area contributed by atoms with Crippen molar-refractivity contribution in [3.8, 4) is 0 Å². The van der Waals surface area contributed by atoms with E-state index in [9.17, 15) is 20.0 Å². The second-order valence-electron chi connectivity index (χ2n) is 5.20. The maximum Gasteiger partial charge on any atom is 0.276 e. The minimum absolute atomic E-state index is 0.104. The van der Waals surface area contributed by atoms with E-state index in [-0.39, 0.29) is 22.6 Å². The standard InChI is InChI=1S/C16H13N5O4/c17-20-13(15(22)9-4-2-1-3-5-9)14-16(23)19-12-8-10(21(24)25)6-7-11(12)18-14/h1-8,15,22H,17H2,(H,19,23)/b20-13+/t15-/m1/s1. The molecular formula is C16H13N5O4. The lowest BCUT2D eigenvalue weighted by Gasteiger charge is -2.12. The van der Waals surface area contributed by atoms with Gasteiger partial charge in [0.15, 0.2) is 5.69 Å². The number of nitrogens with one attached hydrogen (secondary N) is 1. The number of fused-ring (bicyclic) bond motifs is 1. The Kier molecular flexibility index (Phi) is 4.23. The second-order valence-corrected chi connectivity index (χ2v) is 5.20. The van der Waals surface area contributed by atoms with Gasteiger partial charge in [0, 0.05) is 12.1 Å². The average molecular weight is 339 g/mol. The predicted octanol–water partition coefficient (Wildman–Crippen LogP) is 1.23. The fraction of sp³-hybridized carbons (Fsp3) is 0.0625. The highest BCUT2D eigenvalue weighted by molar-refractivity contribution is 6.03. The summed E-state index contributed by atoms with van der Waals surface area (Å²) in [7, 11) is 0. The van der Waals surface area contributed by atoms with Crippen molar-refractivity contribution in [2.45, 2.75) is 6.10 Å². The molecule has 3 aromatic rings. The van der Waals surface area contributed by atoms with Crippen LogP contribution in [0.15, 0.2) is 58.4 Å². The number of non-ortho nitro benzene ring substituents is 1. The highest BCUT2D eigenvalue weighted by Gasteiger charge is 2.22. The van der Waals surface area contributed by atoms with Gasteiger partial charge in [-0.1, -0.05) is 30.3 Å². The summed E-state index contributed by atoms with van der Waals surface area (Å²) in [5, 5.41) is 24.8. The highest BCUT2D eigenvalue weighted by Crippen LogP contribution is 2.19. The zero-order valence-electron chi connectivity index (χ0n) is 12.8. The van der Waals surface area contributed by atoms with Gasteiger partial charge in [-0.2, -0.15) is 5.10 Å². The molecule has 0 saturated heterocycles. The first-order valence-electron chi connectivity index (χ1n) is 7.21. The van der Waals surface area contributed by atoms with Gasteiger partial charge in [0.05, 0.1) is 16.0 Å². The summed E-state index contributed by atoms with van der Waals surface area (Å²) >= 11 is 0. The molecule has 0 aliphatic carbocycles. The van der Waals surface area contributed by atoms with Gasteiger partial charge in [-0.25, -0.2) is 4.98 Å². The van der Waals surface area contributed by atoms with E-state index in [1.165, 1.54) is 18.2 Å². The van der Waals surface area contributed by atoms with Crippen molar-refractivity contribution in [1.82, 2.24) is 9.97 Å². The third-order valence-corrected chi connectivity index (χ3v) is 3.64. The Morgan fingerprint density at radius 1 is 1.28 bits per heavy atom. The fourth-order valence-corrected chi connectivity index (χ4v) is 2.42. The third kappa shape index (κ3) is 3.08. The van der Waals surface area contributed by atoms with E-state index < -0.39 is 16.6 Å². The number of hydrogen-bond acceptors (Lipinski definition) is 7. The van der Waals surface area contributed by atoms with Crippen LogP contribution in [-0.2, 0) is 0 Å². The lowest BCUT2D eigenvalue weighted by molar-refractivity contribution is -0.384. The summed E-state index contributed by atoms with van der Waals surface area (Å²) in [6, 6.07) is 12.4. The van der Waals surface area contributed by atoms with Crippen LogP contribution in [0.2, 0.25) is 0 Å². The Balaban J connectivity index is 2.11. The van der Waals surface area contributed by atoms with Gasteiger partial charge in [0.2, 0.25) is 0 Å². The summed E-state index contributed by atoms with van der Waals surface area (Å²) < 4.78 is 0. The second kappa shape index (κ2) is 6.49. The van der Waals surface area contributed by atoms with Crippen molar-refractivity contribution < 1.29 is 10.0 Å². The summed E-state index contributed by atoms with van der Waals surface area (Å²) in [6.45, 7) is 0. The van der Waals surface area contributed by atoms with E-state index in [2.05, 4.69) is 15.1 Å². The number of aliphatic hydroxyl groups is 1. The first kappa shape index (κ1) is 16.3. The van der Waals surface area contributed by atoms with Crippen LogP contribution in [0.3, 0.4) is 0 Å². The predicted molar refractivity (Wildman–Crippen MR) is 91.1 cm³/mol. The molecule has 1 aromatic heterocycles. The number of hydrogen-bond donors (Lipinski definition) is 3. The molecule has 0 saturated carbocycles. The number of H-pyrrole nitrogens is 1. The monoisotopic (exact) mass is 339 g/mol. The molecule has 9 heteroatoms. The molecule has 0 unspecified atom stereocenters. The van der Waals surface area contributed by atoms with E-state index >= 15 is 0 Å². The van der Waals surface area contributed by atoms with Gasteiger partial charge >= 0.3 is 0 Å². The molecule has 126 valence electrons. The Morgan fingerprint density at radius 2 is 2.00 bits per heavy atom. The number of nitro benzene ring substituents is 1. The highest BCUT2D eigenvalue weighted by atomic mass is 16.6. The Hall–Kier alpha value is -3.59. The van der Waals surface area contributed by atoms with E-state index in [0.717, 1.165) is 0 Å². The van der Waals surface area contributed by atoms with Crippen LogP contribution in [0.4, 0.5) is 5.69 Å². The van der Waals surface area contributed by atoms with Gasteiger partial charge in [0.25, 0.3) is 11.2 Å². The van der Waals surface area contributed by atoms with E-state index in [4.69, 9.17) is 5.84 Å². The third-order valence-electron chi connectivity index (χ3n) is 3.64. The van der Waals surface area contributed by atoms with Gasteiger partial charge in [0.1, 0.15) is 11.8 Å². The Morgan fingerprint density at radius 3 is 2.64 bits per heavy atom. The smallest absolute Gasteiger partial charge is 0.276 e. The maximum atomic E-state index is 12.3. The van der Waals surface area contributed by atoms with Crippen molar-refractivity contribution in [3.63, 3.8) is 0 Å². The van der Waals surface area contributed by atoms with Crippen LogP contribution in [0, 0.1) is 10.1 Å². The number of nitro groups is 1. The summed E-state index contributed by atoms with van der Waals surface area (Å²) in [6.07, 6.45) is -1.24. The normalized spacial score (nSPS) is 12.9. The molecule has 3 rings (SSSR count). The number of rotatable bonds is 4. The van der Waals surface area contributed by atoms with Crippen molar-refractivity contribution in [2.75, 3.05) is 0 Å². The van der Waals surface area contributed by atoms with Crippen molar-refractivity contribution in [2.24, 2.45) is 10.9 Å². The van der Waals surface area contributed by atoms with E-state index in [0.29, 0.717) is 11.1 Å². The van der Waals surface area contributed by atoms with Crippen LogP contribution >= 0.6 is 0 Å². The van der Waals surface area contributed by atoms with Crippen LogP contribution < -0.4 is 11.4 Å². The number of aromatic nitrogens is 2. The minimum atomic E-state index is -1.24. The molecule has 1 heterocycles. The number of aromatic amines is 1. The lowest BCUT2D eigenvalue weighted by atomic mass is 10.0. The number of hydrazone groups is 1. The number of aliphatic hydroxyl groups excluding tert-OH is 1. The number of benzene rings is 2. The van der Waals surface area contributed by atoms with Gasteiger partial charge in [-0.05, 0) is 11.6 Å². The molecule has 2 aromatic carbocycles. The van der Waals surface area contributed by atoms with Crippen LogP contribution in [0.25, 0.3) is 11.0 Å². The molecule has 0 radical (unpaired) electrons. The van der Waals surface area contributed by atoms with Gasteiger partial charge in [-0.15, -0.1) is 0 Å². The van der Waals surface area contributed by atoms with Crippen molar-refractivity contribution in [3.05, 3.63) is 80.3 Å². The van der Waals surface area contributed by atoms with Gasteiger partial charge < -0.3 is 15.9 Å². The van der Waals surface area contributed by atoms with Gasteiger partial charge in [-0.3, -0.25) is 14.9 Å².